The van der Waals surface area contributed by atoms with Gasteiger partial charge >= 0.3 is 0 Å². The number of thiophene rings is 1. The lowest BCUT2D eigenvalue weighted by Gasteiger charge is -2.14. The number of rotatable bonds is 5. The van der Waals surface area contributed by atoms with Crippen molar-refractivity contribution < 1.29 is 0 Å². The molecule has 0 aliphatic carbocycles. The maximum atomic E-state index is 5.99. The first kappa shape index (κ1) is 13.6. The molecular weight excluding hydrogens is 262 g/mol. The standard InChI is InChI=1S/C15H18ClNS/c1-3-11-4-6-12(7-5-11)10-13(17-2)14-8-9-15(16)18-14/h4-9,13,17H,3,10H2,1-2H3. The monoisotopic (exact) mass is 279 g/mol. The van der Waals surface area contributed by atoms with Crippen LogP contribution in [0.5, 0.6) is 0 Å². The van der Waals surface area contributed by atoms with Gasteiger partial charge in [0.2, 0.25) is 0 Å². The molecule has 0 spiro atoms. The van der Waals surface area contributed by atoms with Gasteiger partial charge in [0, 0.05) is 10.9 Å². The summed E-state index contributed by atoms with van der Waals surface area (Å²) < 4.78 is 0.853. The van der Waals surface area contributed by atoms with Crippen molar-refractivity contribution in [2.45, 2.75) is 25.8 Å². The molecule has 3 heteroatoms. The number of benzene rings is 1. The molecule has 18 heavy (non-hydrogen) atoms. The predicted octanol–water partition coefficient (Wildman–Crippen LogP) is 4.47. The van der Waals surface area contributed by atoms with E-state index in [0.29, 0.717) is 6.04 Å². The van der Waals surface area contributed by atoms with Gasteiger partial charge in [-0.2, -0.15) is 0 Å². The average molecular weight is 280 g/mol. The van der Waals surface area contributed by atoms with E-state index < -0.39 is 0 Å². The summed E-state index contributed by atoms with van der Waals surface area (Å²) in [6.45, 7) is 2.18. The van der Waals surface area contributed by atoms with Gasteiger partial charge < -0.3 is 5.32 Å². The Kier molecular flexibility index (Phi) is 4.81. The molecule has 0 aliphatic rings. The first-order valence-corrected chi connectivity index (χ1v) is 7.42. The lowest BCUT2D eigenvalue weighted by Crippen LogP contribution is -2.17. The van der Waals surface area contributed by atoms with Crippen molar-refractivity contribution in [3.05, 3.63) is 56.7 Å². The molecule has 96 valence electrons. The molecule has 1 atom stereocenters. The van der Waals surface area contributed by atoms with Crippen LogP contribution in [0.3, 0.4) is 0 Å². The first-order valence-electron chi connectivity index (χ1n) is 6.23. The molecule has 1 N–H and O–H groups in total. The second kappa shape index (κ2) is 6.37. The SMILES string of the molecule is CCc1ccc(CC(NC)c2ccc(Cl)s2)cc1. The number of halogens is 1. The summed E-state index contributed by atoms with van der Waals surface area (Å²) >= 11 is 7.65. The fourth-order valence-corrected chi connectivity index (χ4v) is 3.18. The minimum atomic E-state index is 0.343. The molecule has 1 aromatic heterocycles. The van der Waals surface area contributed by atoms with E-state index in [1.807, 2.05) is 13.1 Å². The van der Waals surface area contributed by atoms with Gasteiger partial charge in [0.1, 0.15) is 0 Å². The number of likely N-dealkylation sites (N-methyl/N-ethyl adjacent to an activating group) is 1. The van der Waals surface area contributed by atoms with E-state index in [-0.39, 0.29) is 0 Å². The van der Waals surface area contributed by atoms with Crippen LogP contribution in [0.1, 0.15) is 29.0 Å². The lowest BCUT2D eigenvalue weighted by atomic mass is 10.0. The molecule has 2 rings (SSSR count). The van der Waals surface area contributed by atoms with Crippen LogP contribution in [0.25, 0.3) is 0 Å². The highest BCUT2D eigenvalue weighted by atomic mass is 35.5. The van der Waals surface area contributed by atoms with Crippen molar-refractivity contribution in [3.63, 3.8) is 0 Å². The van der Waals surface area contributed by atoms with Gasteiger partial charge in [-0.1, -0.05) is 42.8 Å². The van der Waals surface area contributed by atoms with Crippen LogP contribution < -0.4 is 5.32 Å². The van der Waals surface area contributed by atoms with Gasteiger partial charge in [-0.05, 0) is 43.1 Å². The van der Waals surface area contributed by atoms with Crippen molar-refractivity contribution in [3.8, 4) is 0 Å². The Labute approximate surface area is 118 Å². The second-order valence-electron chi connectivity index (χ2n) is 4.36. The fraction of sp³-hybridized carbons (Fsp3) is 0.333. The Hall–Kier alpha value is -0.830. The van der Waals surface area contributed by atoms with Crippen LogP contribution >= 0.6 is 22.9 Å². The molecule has 0 fully saturated rings. The highest BCUT2D eigenvalue weighted by molar-refractivity contribution is 7.16. The summed E-state index contributed by atoms with van der Waals surface area (Å²) in [5.41, 5.74) is 2.75. The molecule has 2 aromatic rings. The first-order chi connectivity index (χ1) is 8.72. The van der Waals surface area contributed by atoms with Gasteiger partial charge in [-0.3, -0.25) is 0 Å². The summed E-state index contributed by atoms with van der Waals surface area (Å²) in [7, 11) is 2.00. The number of aryl methyl sites for hydroxylation is 1. The number of hydrogen-bond acceptors (Lipinski definition) is 2. The average Bonchev–Trinajstić information content (AvgIpc) is 2.83. The Morgan fingerprint density at radius 2 is 1.78 bits per heavy atom. The van der Waals surface area contributed by atoms with Gasteiger partial charge in [0.15, 0.2) is 0 Å². The Bertz CT molecular complexity index is 489. The van der Waals surface area contributed by atoms with Gasteiger partial charge in [-0.25, -0.2) is 0 Å². The summed E-state index contributed by atoms with van der Waals surface area (Å²) in [5.74, 6) is 0. The van der Waals surface area contributed by atoms with Crippen LogP contribution in [0, 0.1) is 0 Å². The van der Waals surface area contributed by atoms with Crippen LogP contribution in [-0.4, -0.2) is 7.05 Å². The molecule has 0 saturated heterocycles. The van der Waals surface area contributed by atoms with Crippen molar-refractivity contribution in [1.29, 1.82) is 0 Å². The normalized spacial score (nSPS) is 12.6. The third-order valence-electron chi connectivity index (χ3n) is 3.16. The highest BCUT2D eigenvalue weighted by Crippen LogP contribution is 2.28. The molecule has 1 aromatic carbocycles. The molecule has 0 radical (unpaired) electrons. The van der Waals surface area contributed by atoms with Crippen LogP contribution in [0.15, 0.2) is 36.4 Å². The van der Waals surface area contributed by atoms with Gasteiger partial charge in [-0.15, -0.1) is 11.3 Å². The molecule has 1 nitrogen and oxygen atoms in total. The lowest BCUT2D eigenvalue weighted by molar-refractivity contribution is 0.602. The number of nitrogens with one attached hydrogen (secondary N) is 1. The number of hydrogen-bond donors (Lipinski definition) is 1. The van der Waals surface area contributed by atoms with Crippen molar-refractivity contribution in [1.82, 2.24) is 5.32 Å². The summed E-state index contributed by atoms with van der Waals surface area (Å²) in [6, 6.07) is 13.3. The van der Waals surface area contributed by atoms with Crippen molar-refractivity contribution in [2.24, 2.45) is 0 Å². The smallest absolute Gasteiger partial charge is 0.0931 e. The van der Waals surface area contributed by atoms with Gasteiger partial charge in [0.25, 0.3) is 0 Å². The van der Waals surface area contributed by atoms with Gasteiger partial charge in [0.05, 0.1) is 4.34 Å². The molecule has 0 bridgehead atoms. The zero-order valence-electron chi connectivity index (χ0n) is 10.7. The highest BCUT2D eigenvalue weighted by Gasteiger charge is 2.12. The van der Waals surface area contributed by atoms with E-state index in [9.17, 15) is 0 Å². The van der Waals surface area contributed by atoms with Crippen LogP contribution in [0.2, 0.25) is 4.34 Å². The third-order valence-corrected chi connectivity index (χ3v) is 4.50. The molecular formula is C15H18ClNS. The maximum absolute atomic E-state index is 5.99. The molecule has 1 unspecified atom stereocenters. The molecule has 0 saturated carbocycles. The summed E-state index contributed by atoms with van der Waals surface area (Å²) in [5, 5.41) is 3.36. The van der Waals surface area contributed by atoms with E-state index in [1.54, 1.807) is 11.3 Å². The van der Waals surface area contributed by atoms with E-state index in [0.717, 1.165) is 17.2 Å². The Morgan fingerprint density at radius 1 is 1.11 bits per heavy atom. The van der Waals surface area contributed by atoms with Crippen LogP contribution in [0.4, 0.5) is 0 Å². The predicted molar refractivity (Wildman–Crippen MR) is 80.7 cm³/mol. The van der Waals surface area contributed by atoms with E-state index >= 15 is 0 Å². The van der Waals surface area contributed by atoms with Crippen molar-refractivity contribution in [2.75, 3.05) is 7.05 Å². The quantitative estimate of drug-likeness (QED) is 0.852. The third kappa shape index (κ3) is 3.35. The second-order valence-corrected chi connectivity index (χ2v) is 6.10. The van der Waals surface area contributed by atoms with E-state index in [1.165, 1.54) is 16.0 Å². The maximum Gasteiger partial charge on any atom is 0.0931 e. The Balaban J connectivity index is 2.10. The zero-order chi connectivity index (χ0) is 13.0. The minimum absolute atomic E-state index is 0.343. The fourth-order valence-electron chi connectivity index (χ4n) is 2.01. The summed E-state index contributed by atoms with van der Waals surface area (Å²) in [4.78, 5) is 1.29. The summed E-state index contributed by atoms with van der Waals surface area (Å²) in [6.07, 6.45) is 2.09. The molecule has 1 heterocycles. The van der Waals surface area contributed by atoms with E-state index in [4.69, 9.17) is 11.6 Å². The zero-order valence-corrected chi connectivity index (χ0v) is 12.3. The molecule has 0 amide bonds. The Morgan fingerprint density at radius 3 is 2.28 bits per heavy atom. The topological polar surface area (TPSA) is 12.0 Å². The van der Waals surface area contributed by atoms with Crippen LogP contribution in [-0.2, 0) is 12.8 Å². The van der Waals surface area contributed by atoms with E-state index in [2.05, 4.69) is 42.6 Å². The van der Waals surface area contributed by atoms with Crippen molar-refractivity contribution >= 4 is 22.9 Å². The minimum Gasteiger partial charge on any atom is -0.312 e. The largest absolute Gasteiger partial charge is 0.312 e. The molecule has 0 aliphatic heterocycles.